The number of carbonyl (C=O) groups excluding carboxylic acids is 4. The van der Waals surface area contributed by atoms with Gasteiger partial charge in [0.15, 0.2) is 9.75 Å². The highest BCUT2D eigenvalue weighted by Gasteiger charge is 2.75. The third kappa shape index (κ3) is 3.14. The number of likely N-dealkylation sites (tertiary alicyclic amines) is 1. The summed E-state index contributed by atoms with van der Waals surface area (Å²) in [6, 6.07) is 11.8. The van der Waals surface area contributed by atoms with Crippen LogP contribution in [-0.2, 0) is 19.2 Å². The number of carbonyl (C=O) groups is 4. The Kier molecular flexibility index (Phi) is 5.66. The van der Waals surface area contributed by atoms with Gasteiger partial charge in [0.1, 0.15) is 5.75 Å². The molecule has 0 unspecified atom stereocenters. The van der Waals surface area contributed by atoms with Gasteiger partial charge < -0.3 is 5.11 Å². The number of alkyl halides is 2. The molecule has 4 amide bonds. The minimum Gasteiger partial charge on any atom is -0.508 e. The van der Waals surface area contributed by atoms with Crippen LogP contribution in [0.4, 0.5) is 5.69 Å². The van der Waals surface area contributed by atoms with Gasteiger partial charge in [-0.15, -0.1) is 23.2 Å². The standard InChI is InChI=1S/C28H23BrCl2N2O5/c1-13-11-14(3-10-20(13)34)22-17-8-9-18-21(24(36)33(23(18)35)16-6-4-15(29)5-7-16)19(17)12-27(30)25(37)32(2)26(38)28(22,27)31/h3-8,10-11,18-19,21-22,34H,9,12H2,1-2H3/t18-,19+,21-,22-,27+,28-/m0/s1. The molecule has 1 saturated carbocycles. The molecule has 2 aromatic rings. The van der Waals surface area contributed by atoms with Crippen LogP contribution in [0.3, 0.4) is 0 Å². The number of rotatable bonds is 2. The Morgan fingerprint density at radius 3 is 2.32 bits per heavy atom. The Balaban J connectivity index is 1.52. The lowest BCUT2D eigenvalue weighted by molar-refractivity contribution is -0.138. The van der Waals surface area contributed by atoms with E-state index in [1.165, 1.54) is 18.0 Å². The minimum absolute atomic E-state index is 0.0548. The second-order valence-corrected chi connectivity index (χ2v) is 12.7. The fourth-order valence-corrected chi connectivity index (χ4v) is 8.10. The van der Waals surface area contributed by atoms with Crippen LogP contribution in [0.2, 0.25) is 0 Å². The maximum absolute atomic E-state index is 13.9. The number of benzene rings is 2. The molecule has 38 heavy (non-hydrogen) atoms. The topological polar surface area (TPSA) is 95.0 Å². The first-order valence-corrected chi connectivity index (χ1v) is 13.8. The van der Waals surface area contributed by atoms with Crippen molar-refractivity contribution in [1.29, 1.82) is 0 Å². The summed E-state index contributed by atoms with van der Waals surface area (Å²) in [5, 5.41) is 10.2. The van der Waals surface area contributed by atoms with E-state index in [0.717, 1.165) is 14.9 Å². The van der Waals surface area contributed by atoms with Crippen molar-refractivity contribution in [3.8, 4) is 5.75 Å². The molecule has 1 N–H and O–H groups in total. The van der Waals surface area contributed by atoms with E-state index < -0.39 is 45.2 Å². The van der Waals surface area contributed by atoms with E-state index >= 15 is 0 Å². The highest BCUT2D eigenvalue weighted by Crippen LogP contribution is 2.65. The monoisotopic (exact) mass is 616 g/mol. The number of halogens is 3. The summed E-state index contributed by atoms with van der Waals surface area (Å²) < 4.78 is 0.817. The quantitative estimate of drug-likeness (QED) is 0.301. The number of phenolic OH excluding ortho intramolecular Hbond substituents is 1. The highest BCUT2D eigenvalue weighted by atomic mass is 79.9. The highest BCUT2D eigenvalue weighted by molar-refractivity contribution is 9.10. The van der Waals surface area contributed by atoms with Crippen LogP contribution in [-0.4, -0.2) is 50.4 Å². The first-order valence-electron chi connectivity index (χ1n) is 12.2. The lowest BCUT2D eigenvalue weighted by Gasteiger charge is -2.50. The first kappa shape index (κ1) is 25.6. The Bertz CT molecular complexity index is 1480. The Hall–Kier alpha value is -2.68. The molecule has 6 rings (SSSR count). The molecular formula is C28H23BrCl2N2O5. The van der Waals surface area contributed by atoms with Gasteiger partial charge in [0.2, 0.25) is 11.8 Å². The molecule has 0 radical (unpaired) electrons. The molecular weight excluding hydrogens is 595 g/mol. The average Bonchev–Trinajstić information content (AvgIpc) is 3.21. The second kappa shape index (κ2) is 8.41. The second-order valence-electron chi connectivity index (χ2n) is 10.5. The zero-order valence-corrected chi connectivity index (χ0v) is 23.5. The van der Waals surface area contributed by atoms with Crippen LogP contribution < -0.4 is 4.90 Å². The number of hydrogen-bond donors (Lipinski definition) is 1. The number of anilines is 1. The molecule has 2 aromatic carbocycles. The van der Waals surface area contributed by atoms with E-state index in [4.69, 9.17) is 23.2 Å². The predicted octanol–water partition coefficient (Wildman–Crippen LogP) is 4.66. The lowest BCUT2D eigenvalue weighted by Crippen LogP contribution is -2.60. The first-order chi connectivity index (χ1) is 17.9. The summed E-state index contributed by atoms with van der Waals surface area (Å²) in [6.07, 6.45) is 2.13. The number of phenols is 1. The third-order valence-corrected chi connectivity index (χ3v) is 10.6. The van der Waals surface area contributed by atoms with Crippen molar-refractivity contribution in [2.45, 2.75) is 35.4 Å². The van der Waals surface area contributed by atoms with E-state index in [9.17, 15) is 24.3 Å². The van der Waals surface area contributed by atoms with Crippen molar-refractivity contribution in [2.24, 2.45) is 17.8 Å². The van der Waals surface area contributed by atoms with Gasteiger partial charge in [0.05, 0.1) is 17.5 Å². The Labute approximate surface area is 237 Å². The van der Waals surface area contributed by atoms with Crippen LogP contribution >= 0.6 is 39.1 Å². The van der Waals surface area contributed by atoms with Gasteiger partial charge >= 0.3 is 0 Å². The fraction of sp³-hybridized carbons (Fsp3) is 0.357. The van der Waals surface area contributed by atoms with E-state index in [1.54, 1.807) is 43.3 Å². The van der Waals surface area contributed by atoms with Crippen LogP contribution in [0, 0.1) is 24.7 Å². The summed E-state index contributed by atoms with van der Waals surface area (Å²) in [6.45, 7) is 1.72. The normalized spacial score (nSPS) is 34.3. The molecule has 2 aliphatic heterocycles. The van der Waals surface area contributed by atoms with Gasteiger partial charge in [-0.1, -0.05) is 39.7 Å². The molecule has 10 heteroatoms. The van der Waals surface area contributed by atoms with Gasteiger partial charge in [-0.3, -0.25) is 29.0 Å². The summed E-state index contributed by atoms with van der Waals surface area (Å²) >= 11 is 17.7. The number of fused-ring (bicyclic) bond motifs is 4. The molecule has 0 aromatic heterocycles. The molecule has 3 fully saturated rings. The number of aromatic hydroxyl groups is 1. The number of amides is 4. The van der Waals surface area contributed by atoms with E-state index in [1.807, 2.05) is 6.08 Å². The number of allylic oxidation sites excluding steroid dienone is 2. The van der Waals surface area contributed by atoms with Crippen molar-refractivity contribution in [3.63, 3.8) is 0 Å². The van der Waals surface area contributed by atoms with E-state index in [-0.39, 0.29) is 24.0 Å². The Morgan fingerprint density at radius 1 is 0.974 bits per heavy atom. The molecule has 0 spiro atoms. The van der Waals surface area contributed by atoms with Gasteiger partial charge in [-0.2, -0.15) is 0 Å². The van der Waals surface area contributed by atoms with Crippen LogP contribution in [0.5, 0.6) is 5.75 Å². The van der Waals surface area contributed by atoms with Crippen LogP contribution in [0.15, 0.2) is 58.6 Å². The van der Waals surface area contributed by atoms with E-state index in [0.29, 0.717) is 23.2 Å². The summed E-state index contributed by atoms with van der Waals surface area (Å²) in [7, 11) is 1.36. The minimum atomic E-state index is -1.84. The zero-order valence-electron chi connectivity index (χ0n) is 20.5. The average molecular weight is 618 g/mol. The van der Waals surface area contributed by atoms with Crippen molar-refractivity contribution >= 4 is 68.4 Å². The number of nitrogens with zero attached hydrogens (tertiary/aromatic N) is 2. The predicted molar refractivity (Wildman–Crippen MR) is 145 cm³/mol. The third-order valence-electron chi connectivity index (χ3n) is 8.65. The van der Waals surface area contributed by atoms with Crippen molar-refractivity contribution < 1.29 is 24.3 Å². The fourth-order valence-electron chi connectivity index (χ4n) is 6.82. The zero-order chi connectivity index (χ0) is 27.3. The number of aryl methyl sites for hydroxylation is 1. The number of hydrogen-bond acceptors (Lipinski definition) is 5. The molecule has 2 heterocycles. The SMILES string of the molecule is Cc1cc([C@H]2C3=CC[C@@H]4C(=O)N(c5ccc(Br)cc5)C(=O)[C@@H]4[C@@H]3C[C@@]3(Cl)C(=O)N(C)C(=O)[C@@]23Cl)ccc1O. The van der Waals surface area contributed by atoms with Crippen LogP contribution in [0.1, 0.15) is 29.9 Å². The molecule has 196 valence electrons. The van der Waals surface area contributed by atoms with Gasteiger partial charge in [0.25, 0.3) is 11.8 Å². The maximum Gasteiger partial charge on any atom is 0.253 e. The van der Waals surface area contributed by atoms with Crippen molar-refractivity contribution in [1.82, 2.24) is 4.90 Å². The van der Waals surface area contributed by atoms with Crippen molar-refractivity contribution in [2.75, 3.05) is 11.9 Å². The summed E-state index contributed by atoms with van der Waals surface area (Å²) in [4.78, 5) is 53.0. The summed E-state index contributed by atoms with van der Waals surface area (Å²) in [5.41, 5.74) is 2.36. The molecule has 7 nitrogen and oxygen atoms in total. The maximum atomic E-state index is 13.9. The smallest absolute Gasteiger partial charge is 0.253 e. The summed E-state index contributed by atoms with van der Waals surface area (Å²) in [5.74, 6) is -4.61. The number of imide groups is 2. The van der Waals surface area contributed by atoms with Gasteiger partial charge in [-0.25, -0.2) is 0 Å². The van der Waals surface area contributed by atoms with E-state index in [2.05, 4.69) is 15.9 Å². The molecule has 6 atom stereocenters. The molecule has 4 aliphatic rings. The Morgan fingerprint density at radius 2 is 1.66 bits per heavy atom. The largest absolute Gasteiger partial charge is 0.508 e. The van der Waals surface area contributed by atoms with Gasteiger partial charge in [0, 0.05) is 17.4 Å². The van der Waals surface area contributed by atoms with Gasteiger partial charge in [-0.05, 0) is 67.1 Å². The molecule has 2 saturated heterocycles. The van der Waals surface area contributed by atoms with Crippen molar-refractivity contribution in [3.05, 3.63) is 69.7 Å². The molecule has 2 aliphatic carbocycles. The molecule has 0 bridgehead atoms. The van der Waals surface area contributed by atoms with Crippen LogP contribution in [0.25, 0.3) is 0 Å². The lowest BCUT2D eigenvalue weighted by atomic mass is 9.56.